The minimum absolute atomic E-state index is 0.603. The average molecular weight is 299 g/mol. The van der Waals surface area contributed by atoms with Gasteiger partial charge >= 0.3 is 0 Å². The first kappa shape index (κ1) is 15.1. The number of aryl methyl sites for hydroxylation is 2. The molecule has 1 aliphatic rings. The van der Waals surface area contributed by atoms with Gasteiger partial charge in [0.25, 0.3) is 0 Å². The van der Waals surface area contributed by atoms with E-state index in [1.807, 2.05) is 17.9 Å². The number of nitrogens with one attached hydrogen (secondary N) is 1. The van der Waals surface area contributed by atoms with Crippen molar-refractivity contribution in [1.82, 2.24) is 15.1 Å². The fourth-order valence-corrected chi connectivity index (χ4v) is 3.33. The van der Waals surface area contributed by atoms with Crippen molar-refractivity contribution in [2.24, 2.45) is 7.05 Å². The second kappa shape index (κ2) is 6.53. The Bertz CT molecular complexity index is 648. The summed E-state index contributed by atoms with van der Waals surface area (Å²) in [6.07, 6.45) is 5.66. The summed E-state index contributed by atoms with van der Waals surface area (Å²) in [5.74, 6) is 1.57. The first-order valence-electron chi connectivity index (χ1n) is 8.04. The fourth-order valence-electron chi connectivity index (χ4n) is 3.33. The lowest BCUT2D eigenvalue weighted by Crippen LogP contribution is -2.24. The average Bonchev–Trinajstić information content (AvgIpc) is 2.86. The van der Waals surface area contributed by atoms with Crippen LogP contribution < -0.4 is 10.1 Å². The van der Waals surface area contributed by atoms with Gasteiger partial charge in [-0.1, -0.05) is 6.07 Å². The zero-order valence-electron chi connectivity index (χ0n) is 13.7. The molecule has 4 nitrogen and oxygen atoms in total. The van der Waals surface area contributed by atoms with Crippen LogP contribution in [-0.4, -0.2) is 23.4 Å². The number of methoxy groups -OCH3 is 1. The van der Waals surface area contributed by atoms with Crippen molar-refractivity contribution < 1.29 is 4.74 Å². The van der Waals surface area contributed by atoms with Crippen LogP contribution in [-0.2, 0) is 20.0 Å². The van der Waals surface area contributed by atoms with Crippen LogP contribution in [0, 0.1) is 6.92 Å². The molecule has 0 saturated carbocycles. The molecule has 0 saturated heterocycles. The van der Waals surface area contributed by atoms with E-state index in [-0.39, 0.29) is 0 Å². The Labute approximate surface area is 132 Å². The number of hydrogen-bond acceptors (Lipinski definition) is 3. The van der Waals surface area contributed by atoms with Crippen molar-refractivity contribution in [1.29, 1.82) is 0 Å². The van der Waals surface area contributed by atoms with Crippen LogP contribution in [0.25, 0.3) is 0 Å². The summed E-state index contributed by atoms with van der Waals surface area (Å²) in [5, 5.41) is 7.91. The Morgan fingerprint density at radius 2 is 2.27 bits per heavy atom. The van der Waals surface area contributed by atoms with Gasteiger partial charge in [-0.3, -0.25) is 4.68 Å². The molecule has 0 bridgehead atoms. The number of aromatic nitrogens is 2. The number of ether oxygens (including phenoxy) is 1. The van der Waals surface area contributed by atoms with Crippen molar-refractivity contribution in [2.75, 3.05) is 13.7 Å². The largest absolute Gasteiger partial charge is 0.497 e. The Morgan fingerprint density at radius 3 is 3.00 bits per heavy atom. The highest BCUT2D eigenvalue weighted by molar-refractivity contribution is 5.39. The monoisotopic (exact) mass is 299 g/mol. The van der Waals surface area contributed by atoms with Crippen molar-refractivity contribution in [3.8, 4) is 5.75 Å². The molecule has 1 N–H and O–H groups in total. The third-order valence-corrected chi connectivity index (χ3v) is 4.83. The number of rotatable bonds is 5. The third-order valence-electron chi connectivity index (χ3n) is 4.83. The summed E-state index contributed by atoms with van der Waals surface area (Å²) in [7, 11) is 3.73. The van der Waals surface area contributed by atoms with Gasteiger partial charge in [0.05, 0.1) is 13.3 Å². The van der Waals surface area contributed by atoms with Gasteiger partial charge in [-0.15, -0.1) is 0 Å². The van der Waals surface area contributed by atoms with E-state index in [0.29, 0.717) is 5.92 Å². The molecule has 0 amide bonds. The maximum Gasteiger partial charge on any atom is 0.119 e. The quantitative estimate of drug-likeness (QED) is 0.922. The third kappa shape index (κ3) is 3.02. The Morgan fingerprint density at radius 1 is 1.41 bits per heavy atom. The number of fused-ring (bicyclic) bond motifs is 1. The van der Waals surface area contributed by atoms with E-state index in [9.17, 15) is 0 Å². The molecule has 0 unspecified atom stereocenters. The SMILES string of the molecule is COc1ccc2c(c1)CCC[C@H]2CNCc1cnn(C)c1C. The Kier molecular flexibility index (Phi) is 4.48. The molecule has 1 aromatic heterocycles. The molecule has 1 aliphatic carbocycles. The molecule has 0 aliphatic heterocycles. The van der Waals surface area contributed by atoms with E-state index in [4.69, 9.17) is 4.74 Å². The highest BCUT2D eigenvalue weighted by atomic mass is 16.5. The lowest BCUT2D eigenvalue weighted by Gasteiger charge is -2.26. The molecule has 3 rings (SSSR count). The number of hydrogen-bond donors (Lipinski definition) is 1. The van der Waals surface area contributed by atoms with Gasteiger partial charge in [-0.05, 0) is 55.4 Å². The van der Waals surface area contributed by atoms with E-state index < -0.39 is 0 Å². The molecular formula is C18H25N3O. The Balaban J connectivity index is 1.63. The molecule has 1 heterocycles. The minimum Gasteiger partial charge on any atom is -0.497 e. The van der Waals surface area contributed by atoms with Crippen molar-refractivity contribution in [3.05, 3.63) is 46.8 Å². The number of benzene rings is 1. The number of nitrogens with zero attached hydrogens (tertiary/aromatic N) is 2. The van der Waals surface area contributed by atoms with Crippen LogP contribution in [0.2, 0.25) is 0 Å². The molecule has 2 aromatic rings. The van der Waals surface area contributed by atoms with E-state index >= 15 is 0 Å². The summed E-state index contributed by atoms with van der Waals surface area (Å²) >= 11 is 0. The predicted octanol–water partition coefficient (Wildman–Crippen LogP) is 2.95. The first-order chi connectivity index (χ1) is 10.7. The molecule has 0 fully saturated rings. The van der Waals surface area contributed by atoms with E-state index in [2.05, 4.69) is 35.5 Å². The molecule has 1 atom stereocenters. The van der Waals surface area contributed by atoms with E-state index in [0.717, 1.165) is 18.8 Å². The van der Waals surface area contributed by atoms with Gasteiger partial charge in [0.15, 0.2) is 0 Å². The zero-order valence-corrected chi connectivity index (χ0v) is 13.7. The van der Waals surface area contributed by atoms with Gasteiger partial charge in [-0.25, -0.2) is 0 Å². The van der Waals surface area contributed by atoms with Gasteiger partial charge in [0.1, 0.15) is 5.75 Å². The van der Waals surface area contributed by atoms with Crippen LogP contribution >= 0.6 is 0 Å². The lowest BCUT2D eigenvalue weighted by atomic mass is 9.82. The predicted molar refractivity (Wildman–Crippen MR) is 88.3 cm³/mol. The van der Waals surface area contributed by atoms with E-state index in [1.54, 1.807) is 7.11 Å². The second-order valence-electron chi connectivity index (χ2n) is 6.16. The van der Waals surface area contributed by atoms with Gasteiger partial charge in [0.2, 0.25) is 0 Å². The highest BCUT2D eigenvalue weighted by Gasteiger charge is 2.20. The highest BCUT2D eigenvalue weighted by Crippen LogP contribution is 2.33. The topological polar surface area (TPSA) is 39.1 Å². The van der Waals surface area contributed by atoms with E-state index in [1.165, 1.54) is 41.6 Å². The molecule has 4 heteroatoms. The van der Waals surface area contributed by atoms with Gasteiger partial charge < -0.3 is 10.1 Å². The van der Waals surface area contributed by atoms with Crippen molar-refractivity contribution in [2.45, 2.75) is 38.6 Å². The summed E-state index contributed by atoms with van der Waals surface area (Å²) < 4.78 is 7.27. The van der Waals surface area contributed by atoms with Crippen LogP contribution in [0.15, 0.2) is 24.4 Å². The molecule has 0 radical (unpaired) electrons. The summed E-state index contributed by atoms with van der Waals surface area (Å²) in [6, 6.07) is 6.53. The molecule has 0 spiro atoms. The van der Waals surface area contributed by atoms with Crippen LogP contribution in [0.1, 0.15) is 41.1 Å². The standard InChI is InChI=1S/C18H25N3O/c1-13-16(12-20-21(13)2)11-19-10-15-6-4-5-14-9-17(22-3)7-8-18(14)15/h7-9,12,15,19H,4-6,10-11H2,1-3H3/t15-/m0/s1. The molecule has 22 heavy (non-hydrogen) atoms. The first-order valence-corrected chi connectivity index (χ1v) is 8.04. The summed E-state index contributed by atoms with van der Waals surface area (Å²) in [5.41, 5.74) is 5.46. The van der Waals surface area contributed by atoms with Crippen LogP contribution in [0.3, 0.4) is 0 Å². The lowest BCUT2D eigenvalue weighted by molar-refractivity contribution is 0.412. The normalized spacial score (nSPS) is 17.3. The molecular weight excluding hydrogens is 274 g/mol. The van der Waals surface area contributed by atoms with Crippen LogP contribution in [0.4, 0.5) is 0 Å². The summed E-state index contributed by atoms with van der Waals surface area (Å²) in [6.45, 7) is 4.03. The maximum absolute atomic E-state index is 5.35. The fraction of sp³-hybridized carbons (Fsp3) is 0.500. The molecule has 118 valence electrons. The van der Waals surface area contributed by atoms with Gasteiger partial charge in [-0.2, -0.15) is 5.10 Å². The van der Waals surface area contributed by atoms with Crippen LogP contribution in [0.5, 0.6) is 5.75 Å². The molecule has 1 aromatic carbocycles. The van der Waals surface area contributed by atoms with Gasteiger partial charge in [0, 0.05) is 31.4 Å². The zero-order chi connectivity index (χ0) is 15.5. The Hall–Kier alpha value is -1.81. The van der Waals surface area contributed by atoms with Crippen molar-refractivity contribution in [3.63, 3.8) is 0 Å². The summed E-state index contributed by atoms with van der Waals surface area (Å²) in [4.78, 5) is 0. The van der Waals surface area contributed by atoms with Crippen molar-refractivity contribution >= 4 is 0 Å². The minimum atomic E-state index is 0.603. The smallest absolute Gasteiger partial charge is 0.119 e. The maximum atomic E-state index is 5.35. The second-order valence-corrected chi connectivity index (χ2v) is 6.16.